The number of methoxy groups -OCH3 is 1. The van der Waals surface area contributed by atoms with Crippen molar-refractivity contribution in [3.8, 4) is 11.5 Å². The third-order valence-electron chi connectivity index (χ3n) is 4.07. The molecule has 8 nitrogen and oxygen atoms in total. The van der Waals surface area contributed by atoms with Crippen LogP contribution in [0.4, 0.5) is 11.5 Å². The maximum Gasteiger partial charge on any atom is 0.271 e. The molecule has 0 aliphatic carbocycles. The first-order valence-electron chi connectivity index (χ1n) is 8.31. The Balaban J connectivity index is 2.00. The van der Waals surface area contributed by atoms with Gasteiger partial charge in [-0.25, -0.2) is 15.8 Å². The van der Waals surface area contributed by atoms with Crippen LogP contribution in [0.5, 0.6) is 11.5 Å². The summed E-state index contributed by atoms with van der Waals surface area (Å²) >= 11 is 0. The molecule has 0 saturated carbocycles. The van der Waals surface area contributed by atoms with Crippen LogP contribution in [0.25, 0.3) is 10.9 Å². The number of hydrazine groups is 1. The molecule has 140 valence electrons. The molecule has 0 unspecified atom stereocenters. The lowest BCUT2D eigenvalue weighted by molar-refractivity contribution is -0.123. The summed E-state index contributed by atoms with van der Waals surface area (Å²) in [5.41, 5.74) is 3.72. The molecule has 8 heteroatoms. The van der Waals surface area contributed by atoms with Crippen molar-refractivity contribution in [2.75, 3.05) is 25.7 Å². The van der Waals surface area contributed by atoms with Gasteiger partial charge in [0.1, 0.15) is 11.6 Å². The maximum absolute atomic E-state index is 11.4. The fourth-order valence-corrected chi connectivity index (χ4v) is 2.72. The molecule has 3 rings (SSSR count). The van der Waals surface area contributed by atoms with Gasteiger partial charge in [-0.1, -0.05) is 12.1 Å². The molecular weight excluding hydrogens is 346 g/mol. The highest BCUT2D eigenvalue weighted by atomic mass is 16.5. The van der Waals surface area contributed by atoms with Gasteiger partial charge in [-0.05, 0) is 31.2 Å². The standard InChI is InChI=1S/C19H21N5O3/c1-12-21-15-7-5-4-6-14(15)19(22-12)24(2)13-8-9-16(26-3)17(10-13)27-11-18(25)23-20/h4-10H,11,20H2,1-3H3,(H,23,25). The molecule has 0 atom stereocenters. The molecule has 3 N–H and O–H groups in total. The van der Waals surface area contributed by atoms with Gasteiger partial charge in [0.25, 0.3) is 5.91 Å². The van der Waals surface area contributed by atoms with Crippen molar-refractivity contribution in [2.45, 2.75) is 6.92 Å². The van der Waals surface area contributed by atoms with Crippen molar-refractivity contribution in [1.82, 2.24) is 15.4 Å². The number of anilines is 2. The summed E-state index contributed by atoms with van der Waals surface area (Å²) in [6.07, 6.45) is 0. The highest BCUT2D eigenvalue weighted by Crippen LogP contribution is 2.35. The zero-order valence-corrected chi connectivity index (χ0v) is 15.4. The molecular formula is C19H21N5O3. The smallest absolute Gasteiger partial charge is 0.271 e. The zero-order valence-electron chi connectivity index (χ0n) is 15.4. The van der Waals surface area contributed by atoms with E-state index in [1.54, 1.807) is 12.1 Å². The van der Waals surface area contributed by atoms with Crippen LogP contribution in [0.2, 0.25) is 0 Å². The van der Waals surface area contributed by atoms with Crippen LogP contribution in [0.15, 0.2) is 42.5 Å². The first-order valence-corrected chi connectivity index (χ1v) is 8.31. The normalized spacial score (nSPS) is 10.5. The molecule has 0 fully saturated rings. The van der Waals surface area contributed by atoms with E-state index >= 15 is 0 Å². The fourth-order valence-electron chi connectivity index (χ4n) is 2.72. The van der Waals surface area contributed by atoms with E-state index in [0.29, 0.717) is 17.3 Å². The van der Waals surface area contributed by atoms with Crippen LogP contribution in [0.3, 0.4) is 0 Å². The van der Waals surface area contributed by atoms with Crippen molar-refractivity contribution < 1.29 is 14.3 Å². The van der Waals surface area contributed by atoms with Gasteiger partial charge in [0.15, 0.2) is 18.1 Å². The molecule has 0 spiro atoms. The quantitative estimate of drug-likeness (QED) is 0.391. The molecule has 0 radical (unpaired) electrons. The number of nitrogens with two attached hydrogens (primary N) is 1. The Bertz CT molecular complexity index is 977. The maximum atomic E-state index is 11.4. The minimum absolute atomic E-state index is 0.213. The summed E-state index contributed by atoms with van der Waals surface area (Å²) < 4.78 is 10.9. The Kier molecular flexibility index (Phi) is 5.37. The van der Waals surface area contributed by atoms with Crippen LogP contribution in [0, 0.1) is 6.92 Å². The minimum Gasteiger partial charge on any atom is -0.493 e. The number of amides is 1. The molecule has 0 aliphatic heterocycles. The van der Waals surface area contributed by atoms with Crippen LogP contribution in [0.1, 0.15) is 5.82 Å². The lowest BCUT2D eigenvalue weighted by atomic mass is 10.2. The van der Waals surface area contributed by atoms with Gasteiger partial charge in [-0.15, -0.1) is 0 Å². The SMILES string of the molecule is COc1ccc(N(C)c2nc(C)nc3ccccc23)cc1OCC(=O)NN. The Morgan fingerprint density at radius 3 is 2.70 bits per heavy atom. The minimum atomic E-state index is -0.437. The highest BCUT2D eigenvalue weighted by molar-refractivity contribution is 5.91. The van der Waals surface area contributed by atoms with E-state index in [1.807, 2.05) is 54.6 Å². The number of hydrogen-bond donors (Lipinski definition) is 2. The summed E-state index contributed by atoms with van der Waals surface area (Å²) in [5.74, 6) is 7.06. The number of ether oxygens (including phenoxy) is 2. The second kappa shape index (κ2) is 7.88. The fraction of sp³-hybridized carbons (Fsp3) is 0.211. The molecule has 0 bridgehead atoms. The van der Waals surface area contributed by atoms with Crippen LogP contribution >= 0.6 is 0 Å². The highest BCUT2D eigenvalue weighted by Gasteiger charge is 2.15. The molecule has 1 amide bonds. The molecule has 1 aromatic heterocycles. The lowest BCUT2D eigenvalue weighted by Gasteiger charge is -2.22. The van der Waals surface area contributed by atoms with Crippen molar-refractivity contribution in [3.63, 3.8) is 0 Å². The Hall–Kier alpha value is -3.39. The molecule has 3 aromatic rings. The number of benzene rings is 2. The Morgan fingerprint density at radius 1 is 1.19 bits per heavy atom. The Labute approximate surface area is 156 Å². The van der Waals surface area contributed by atoms with E-state index in [9.17, 15) is 4.79 Å². The summed E-state index contributed by atoms with van der Waals surface area (Å²) in [6.45, 7) is 1.65. The average Bonchev–Trinajstić information content (AvgIpc) is 2.70. The van der Waals surface area contributed by atoms with E-state index in [4.69, 9.17) is 15.3 Å². The molecule has 2 aromatic carbocycles. The number of aromatic nitrogens is 2. The second-order valence-electron chi connectivity index (χ2n) is 5.86. The third kappa shape index (κ3) is 3.90. The lowest BCUT2D eigenvalue weighted by Crippen LogP contribution is -2.34. The van der Waals surface area contributed by atoms with Gasteiger partial charge >= 0.3 is 0 Å². The number of carbonyl (C=O) groups excluding carboxylic acids is 1. The topological polar surface area (TPSA) is 103 Å². The van der Waals surface area contributed by atoms with E-state index in [2.05, 4.69) is 9.97 Å². The van der Waals surface area contributed by atoms with Crippen LogP contribution in [-0.2, 0) is 4.79 Å². The summed E-state index contributed by atoms with van der Waals surface area (Å²) in [4.78, 5) is 22.4. The van der Waals surface area contributed by atoms with Crippen LogP contribution < -0.4 is 25.6 Å². The average molecular weight is 367 g/mol. The van der Waals surface area contributed by atoms with Gasteiger partial charge in [-0.2, -0.15) is 0 Å². The van der Waals surface area contributed by atoms with Crippen molar-refractivity contribution in [2.24, 2.45) is 5.84 Å². The van der Waals surface area contributed by atoms with E-state index < -0.39 is 5.91 Å². The van der Waals surface area contributed by atoms with E-state index in [1.165, 1.54) is 7.11 Å². The van der Waals surface area contributed by atoms with Crippen LogP contribution in [-0.4, -0.2) is 36.6 Å². The van der Waals surface area contributed by atoms with Crippen molar-refractivity contribution >= 4 is 28.3 Å². The summed E-state index contributed by atoms with van der Waals surface area (Å²) in [6, 6.07) is 13.3. The number of hydrogen-bond acceptors (Lipinski definition) is 7. The summed E-state index contributed by atoms with van der Waals surface area (Å²) in [7, 11) is 3.45. The van der Waals surface area contributed by atoms with E-state index in [-0.39, 0.29) is 6.61 Å². The van der Waals surface area contributed by atoms with E-state index in [0.717, 1.165) is 22.4 Å². The monoisotopic (exact) mass is 367 g/mol. The molecule has 0 aliphatic rings. The number of carbonyl (C=O) groups is 1. The predicted molar refractivity (Wildman–Crippen MR) is 103 cm³/mol. The largest absolute Gasteiger partial charge is 0.493 e. The number of nitrogens with zero attached hydrogens (tertiary/aromatic N) is 3. The number of fused-ring (bicyclic) bond motifs is 1. The first-order chi connectivity index (χ1) is 13.0. The van der Waals surface area contributed by atoms with Gasteiger partial charge in [0.2, 0.25) is 0 Å². The summed E-state index contributed by atoms with van der Waals surface area (Å²) in [5, 5.41) is 0.936. The number of para-hydroxylation sites is 1. The van der Waals surface area contributed by atoms with Crippen molar-refractivity contribution in [3.05, 3.63) is 48.3 Å². The molecule has 0 saturated heterocycles. The van der Waals surface area contributed by atoms with Gasteiger partial charge in [0, 0.05) is 24.2 Å². The Morgan fingerprint density at radius 2 is 1.96 bits per heavy atom. The predicted octanol–water partition coefficient (Wildman–Crippen LogP) is 2.08. The molecule has 1 heterocycles. The van der Waals surface area contributed by atoms with Gasteiger partial charge < -0.3 is 14.4 Å². The second-order valence-corrected chi connectivity index (χ2v) is 5.86. The first kappa shape index (κ1) is 18.4. The third-order valence-corrected chi connectivity index (χ3v) is 4.07. The zero-order chi connectivity index (χ0) is 19.4. The number of aryl methyl sites for hydroxylation is 1. The number of nitrogens with one attached hydrogen (secondary N) is 1. The van der Waals surface area contributed by atoms with Gasteiger partial charge in [-0.3, -0.25) is 10.2 Å². The molecule has 27 heavy (non-hydrogen) atoms. The van der Waals surface area contributed by atoms with Crippen molar-refractivity contribution in [1.29, 1.82) is 0 Å². The van der Waals surface area contributed by atoms with Gasteiger partial charge in [0.05, 0.1) is 12.6 Å². The number of rotatable bonds is 6.